The van der Waals surface area contributed by atoms with Crippen LogP contribution in [0, 0.1) is 0 Å². The highest BCUT2D eigenvalue weighted by molar-refractivity contribution is 9.10. The molecule has 2 aromatic heterocycles. The zero-order valence-electron chi connectivity index (χ0n) is 10.7. The van der Waals surface area contributed by atoms with Gasteiger partial charge < -0.3 is 0 Å². The molecule has 1 fully saturated rings. The molecule has 4 nitrogen and oxygen atoms in total. The molecule has 0 amide bonds. The lowest BCUT2D eigenvalue weighted by molar-refractivity contribution is 0.197. The Labute approximate surface area is 115 Å². The number of pyridine rings is 1. The highest BCUT2D eigenvalue weighted by Crippen LogP contribution is 2.32. The lowest BCUT2D eigenvalue weighted by atomic mass is 10.2. The largest absolute Gasteiger partial charge is 0.291 e. The van der Waals surface area contributed by atoms with Crippen molar-refractivity contribution in [2.75, 3.05) is 6.54 Å². The molecule has 0 radical (unpaired) electrons. The molecule has 3 rings (SSSR count). The average molecular weight is 309 g/mol. The quantitative estimate of drug-likeness (QED) is 0.855. The Morgan fingerprint density at radius 1 is 1.39 bits per heavy atom. The second-order valence-electron chi connectivity index (χ2n) is 5.12. The molecule has 0 saturated carbocycles. The van der Waals surface area contributed by atoms with Crippen LogP contribution in [0.15, 0.2) is 22.8 Å². The number of aromatic nitrogens is 3. The summed E-state index contributed by atoms with van der Waals surface area (Å²) in [4.78, 5) is 2.51. The molecule has 2 aromatic rings. The van der Waals surface area contributed by atoms with Crippen LogP contribution in [0.4, 0.5) is 0 Å². The van der Waals surface area contributed by atoms with E-state index >= 15 is 0 Å². The molecule has 1 atom stereocenters. The molecular formula is C13H17BrN4. The third-order valence-electron chi connectivity index (χ3n) is 3.65. The Morgan fingerprint density at radius 2 is 2.22 bits per heavy atom. The molecule has 0 spiro atoms. The zero-order valence-corrected chi connectivity index (χ0v) is 12.3. The topological polar surface area (TPSA) is 33.4 Å². The first-order chi connectivity index (χ1) is 8.66. The van der Waals surface area contributed by atoms with Crippen LogP contribution in [0.5, 0.6) is 0 Å². The molecular weight excluding hydrogens is 292 g/mol. The Balaban J connectivity index is 2.04. The lowest BCUT2D eigenvalue weighted by Gasteiger charge is -2.26. The summed E-state index contributed by atoms with van der Waals surface area (Å²) in [5, 5.41) is 8.68. The van der Waals surface area contributed by atoms with Crippen molar-refractivity contribution >= 4 is 21.6 Å². The van der Waals surface area contributed by atoms with Gasteiger partial charge in [-0.25, -0.2) is 0 Å². The molecule has 1 aliphatic heterocycles. The highest BCUT2D eigenvalue weighted by Gasteiger charge is 2.31. The van der Waals surface area contributed by atoms with Gasteiger partial charge in [-0.3, -0.25) is 9.30 Å². The van der Waals surface area contributed by atoms with Crippen LogP contribution in [0.1, 0.15) is 38.6 Å². The Morgan fingerprint density at radius 3 is 3.00 bits per heavy atom. The van der Waals surface area contributed by atoms with Crippen molar-refractivity contribution in [3.8, 4) is 0 Å². The van der Waals surface area contributed by atoms with Gasteiger partial charge in [-0.05, 0) is 45.4 Å². The molecule has 1 aliphatic rings. The van der Waals surface area contributed by atoms with Crippen molar-refractivity contribution in [2.45, 2.75) is 38.8 Å². The van der Waals surface area contributed by atoms with Crippen LogP contribution in [0.3, 0.4) is 0 Å². The number of fused-ring (bicyclic) bond motifs is 1. The van der Waals surface area contributed by atoms with Crippen molar-refractivity contribution < 1.29 is 0 Å². The maximum absolute atomic E-state index is 4.40. The monoisotopic (exact) mass is 308 g/mol. The standard InChI is InChI=1S/C13H17BrN4/c1-9(2)17-6-3-4-11(17)13-16-15-12-8-10(14)5-7-18(12)13/h5,7-9,11H,3-4,6H2,1-2H3. The van der Waals surface area contributed by atoms with E-state index in [4.69, 9.17) is 0 Å². The predicted octanol–water partition coefficient (Wildman–Crippen LogP) is 3.04. The summed E-state index contributed by atoms with van der Waals surface area (Å²) >= 11 is 3.47. The summed E-state index contributed by atoms with van der Waals surface area (Å²) in [6.45, 7) is 5.66. The van der Waals surface area contributed by atoms with Crippen molar-refractivity contribution in [1.82, 2.24) is 19.5 Å². The Bertz CT molecular complexity index is 563. The summed E-state index contributed by atoms with van der Waals surface area (Å²) in [5.41, 5.74) is 0.912. The number of hydrogen-bond acceptors (Lipinski definition) is 3. The van der Waals surface area contributed by atoms with Gasteiger partial charge >= 0.3 is 0 Å². The van der Waals surface area contributed by atoms with Gasteiger partial charge in [0.25, 0.3) is 0 Å². The Hall–Kier alpha value is -0.940. The summed E-state index contributed by atoms with van der Waals surface area (Å²) < 4.78 is 3.15. The fraction of sp³-hybridized carbons (Fsp3) is 0.538. The van der Waals surface area contributed by atoms with Gasteiger partial charge in [-0.15, -0.1) is 10.2 Å². The molecule has 96 valence electrons. The van der Waals surface area contributed by atoms with Crippen LogP contribution >= 0.6 is 15.9 Å². The number of halogens is 1. The molecule has 0 bridgehead atoms. The average Bonchev–Trinajstić information content (AvgIpc) is 2.92. The SMILES string of the molecule is CC(C)N1CCCC1c1nnc2cc(Br)ccn12. The first kappa shape index (κ1) is 12.1. The normalized spacial score (nSPS) is 21.2. The molecule has 0 N–H and O–H groups in total. The predicted molar refractivity (Wildman–Crippen MR) is 74.5 cm³/mol. The fourth-order valence-electron chi connectivity index (χ4n) is 2.80. The van der Waals surface area contributed by atoms with Crippen molar-refractivity contribution in [1.29, 1.82) is 0 Å². The molecule has 1 saturated heterocycles. The van der Waals surface area contributed by atoms with E-state index in [-0.39, 0.29) is 0 Å². The van der Waals surface area contributed by atoms with E-state index in [1.54, 1.807) is 0 Å². The summed E-state index contributed by atoms with van der Waals surface area (Å²) in [6.07, 6.45) is 4.47. The van der Waals surface area contributed by atoms with E-state index < -0.39 is 0 Å². The molecule has 0 aliphatic carbocycles. The maximum atomic E-state index is 4.40. The van der Waals surface area contributed by atoms with E-state index in [1.165, 1.54) is 12.8 Å². The van der Waals surface area contributed by atoms with Crippen molar-refractivity contribution in [3.05, 3.63) is 28.6 Å². The first-order valence-corrected chi connectivity index (χ1v) is 7.22. The van der Waals surface area contributed by atoms with E-state index in [0.29, 0.717) is 12.1 Å². The van der Waals surface area contributed by atoms with Crippen LogP contribution in [0.25, 0.3) is 5.65 Å². The van der Waals surface area contributed by atoms with Gasteiger partial charge in [-0.1, -0.05) is 15.9 Å². The van der Waals surface area contributed by atoms with Gasteiger partial charge in [-0.2, -0.15) is 0 Å². The molecule has 5 heteroatoms. The molecule has 3 heterocycles. The molecule has 0 aromatic carbocycles. The van der Waals surface area contributed by atoms with Gasteiger partial charge in [0.1, 0.15) is 0 Å². The minimum atomic E-state index is 0.404. The van der Waals surface area contributed by atoms with Crippen molar-refractivity contribution in [2.24, 2.45) is 0 Å². The van der Waals surface area contributed by atoms with Crippen LogP contribution in [-0.2, 0) is 0 Å². The fourth-order valence-corrected chi connectivity index (χ4v) is 3.12. The van der Waals surface area contributed by atoms with Gasteiger partial charge in [0.05, 0.1) is 6.04 Å². The van der Waals surface area contributed by atoms with Gasteiger partial charge in [0.15, 0.2) is 11.5 Å². The number of rotatable bonds is 2. The van der Waals surface area contributed by atoms with Crippen molar-refractivity contribution in [3.63, 3.8) is 0 Å². The minimum absolute atomic E-state index is 0.404. The summed E-state index contributed by atoms with van der Waals surface area (Å²) in [7, 11) is 0. The van der Waals surface area contributed by atoms with E-state index in [9.17, 15) is 0 Å². The molecule has 1 unspecified atom stereocenters. The van der Waals surface area contributed by atoms with E-state index in [1.807, 2.05) is 18.3 Å². The van der Waals surface area contributed by atoms with Crippen LogP contribution in [-0.4, -0.2) is 32.1 Å². The second-order valence-corrected chi connectivity index (χ2v) is 6.04. The first-order valence-electron chi connectivity index (χ1n) is 6.43. The summed E-state index contributed by atoms with van der Waals surface area (Å²) in [5.74, 6) is 1.07. The van der Waals surface area contributed by atoms with Crippen LogP contribution < -0.4 is 0 Å². The molecule has 18 heavy (non-hydrogen) atoms. The van der Waals surface area contributed by atoms with E-state index in [2.05, 4.69) is 49.3 Å². The smallest absolute Gasteiger partial charge is 0.161 e. The Kier molecular flexibility index (Phi) is 3.11. The number of likely N-dealkylation sites (tertiary alicyclic amines) is 1. The van der Waals surface area contributed by atoms with Crippen LogP contribution in [0.2, 0.25) is 0 Å². The summed E-state index contributed by atoms with van der Waals surface area (Å²) in [6, 6.07) is 5.00. The highest BCUT2D eigenvalue weighted by atomic mass is 79.9. The minimum Gasteiger partial charge on any atom is -0.291 e. The van der Waals surface area contributed by atoms with Gasteiger partial charge in [0, 0.05) is 16.7 Å². The number of hydrogen-bond donors (Lipinski definition) is 0. The third-order valence-corrected chi connectivity index (χ3v) is 4.15. The maximum Gasteiger partial charge on any atom is 0.161 e. The lowest BCUT2D eigenvalue weighted by Crippen LogP contribution is -2.31. The zero-order chi connectivity index (χ0) is 12.7. The number of nitrogens with zero attached hydrogens (tertiary/aromatic N) is 4. The third kappa shape index (κ3) is 1.95. The second kappa shape index (κ2) is 4.63. The van der Waals surface area contributed by atoms with Gasteiger partial charge in [0.2, 0.25) is 0 Å². The van der Waals surface area contributed by atoms with E-state index in [0.717, 1.165) is 22.5 Å².